The molecule has 0 unspecified atom stereocenters. The van der Waals surface area contributed by atoms with E-state index < -0.39 is 4.92 Å². The molecule has 5 nitrogen and oxygen atoms in total. The maximum absolute atomic E-state index is 11.3. The molecule has 2 N–H and O–H groups in total. The molecule has 0 aliphatic rings. The fraction of sp³-hybridized carbons (Fsp3) is 0.125. The number of carbonyl (C=O) groups is 1. The van der Waals surface area contributed by atoms with Gasteiger partial charge in [-0.15, -0.1) is 0 Å². The van der Waals surface area contributed by atoms with Crippen LogP contribution in [0, 0.1) is 10.1 Å². The summed E-state index contributed by atoms with van der Waals surface area (Å²) < 4.78 is 0. The van der Waals surface area contributed by atoms with E-state index in [-0.39, 0.29) is 33.1 Å². The summed E-state index contributed by atoms with van der Waals surface area (Å²) in [6.45, 7) is 0. The van der Waals surface area contributed by atoms with Gasteiger partial charge in [0.2, 0.25) is 0 Å². The molecule has 0 heterocycles. The van der Waals surface area contributed by atoms with E-state index in [4.69, 9.17) is 17.3 Å². The zero-order chi connectivity index (χ0) is 11.6. The lowest BCUT2D eigenvalue weighted by Gasteiger charge is -2.03. The van der Waals surface area contributed by atoms with Gasteiger partial charge < -0.3 is 5.73 Å². The molecule has 0 amide bonds. The number of nitrogens with two attached hydrogens (primary N) is 1. The van der Waals surface area contributed by atoms with Crippen molar-refractivity contribution in [3.05, 3.63) is 32.8 Å². The average Bonchev–Trinajstić information content (AvgIpc) is 2.19. The van der Waals surface area contributed by atoms with E-state index in [2.05, 4.69) is 15.9 Å². The van der Waals surface area contributed by atoms with Crippen LogP contribution in [0.5, 0.6) is 0 Å². The van der Waals surface area contributed by atoms with Crippen LogP contribution in [0.4, 0.5) is 11.4 Å². The van der Waals surface area contributed by atoms with Crippen LogP contribution >= 0.6 is 27.5 Å². The first-order chi connectivity index (χ1) is 6.97. The van der Waals surface area contributed by atoms with Gasteiger partial charge >= 0.3 is 0 Å². The first-order valence-corrected chi connectivity index (χ1v) is 5.30. The van der Waals surface area contributed by atoms with Gasteiger partial charge in [0, 0.05) is 17.3 Å². The van der Waals surface area contributed by atoms with Crippen LogP contribution in [0.2, 0.25) is 5.02 Å². The van der Waals surface area contributed by atoms with E-state index in [1.54, 1.807) is 0 Å². The molecule has 0 saturated heterocycles. The number of rotatable bonds is 3. The van der Waals surface area contributed by atoms with Gasteiger partial charge in [-0.1, -0.05) is 27.5 Å². The van der Waals surface area contributed by atoms with Crippen LogP contribution in [0.15, 0.2) is 12.1 Å². The lowest BCUT2D eigenvalue weighted by atomic mass is 10.1. The van der Waals surface area contributed by atoms with Crippen LogP contribution in [0.25, 0.3) is 0 Å². The molecule has 0 spiro atoms. The summed E-state index contributed by atoms with van der Waals surface area (Å²) in [6.07, 6.45) is 0. The van der Waals surface area contributed by atoms with Crippen molar-refractivity contribution >= 4 is 44.7 Å². The molecule has 0 aliphatic carbocycles. The number of halogens is 2. The Kier molecular flexibility index (Phi) is 3.65. The number of carbonyl (C=O) groups excluding carboxylic acids is 1. The van der Waals surface area contributed by atoms with Crippen molar-refractivity contribution in [3.8, 4) is 0 Å². The molecule has 0 radical (unpaired) electrons. The molecule has 80 valence electrons. The van der Waals surface area contributed by atoms with E-state index >= 15 is 0 Å². The molecule has 1 aromatic carbocycles. The number of benzene rings is 1. The number of anilines is 1. The fourth-order valence-corrected chi connectivity index (χ4v) is 1.57. The summed E-state index contributed by atoms with van der Waals surface area (Å²) in [4.78, 5) is 21.2. The SMILES string of the molecule is Nc1cc([N+](=O)[O-])c(Cl)cc1C(=O)CBr. The predicted octanol–water partition coefficient (Wildman–Crippen LogP) is 2.41. The van der Waals surface area contributed by atoms with Crippen LogP contribution in [-0.4, -0.2) is 16.0 Å². The molecule has 0 bridgehead atoms. The molecule has 7 heteroatoms. The van der Waals surface area contributed by atoms with Crippen molar-refractivity contribution in [1.29, 1.82) is 0 Å². The minimum atomic E-state index is -0.652. The number of Topliss-reactive ketones (excluding diaryl/α,β-unsaturated/α-hetero) is 1. The molecule has 0 saturated carbocycles. The van der Waals surface area contributed by atoms with Gasteiger partial charge in [-0.05, 0) is 6.07 Å². The largest absolute Gasteiger partial charge is 0.398 e. The molecular formula is C8H6BrClN2O3. The zero-order valence-electron chi connectivity index (χ0n) is 7.37. The number of nitro benzene ring substituents is 1. The van der Waals surface area contributed by atoms with Crippen LogP contribution in [0.3, 0.4) is 0 Å². The van der Waals surface area contributed by atoms with Crippen molar-refractivity contribution in [2.24, 2.45) is 0 Å². The van der Waals surface area contributed by atoms with Crippen LogP contribution in [-0.2, 0) is 0 Å². The van der Waals surface area contributed by atoms with E-state index in [1.165, 1.54) is 6.07 Å². The summed E-state index contributed by atoms with van der Waals surface area (Å²) in [6, 6.07) is 2.29. The van der Waals surface area contributed by atoms with Gasteiger partial charge in [0.15, 0.2) is 5.78 Å². The second kappa shape index (κ2) is 4.59. The maximum atomic E-state index is 11.3. The third kappa shape index (κ3) is 2.45. The zero-order valence-corrected chi connectivity index (χ0v) is 9.71. The highest BCUT2D eigenvalue weighted by Crippen LogP contribution is 2.29. The van der Waals surface area contributed by atoms with E-state index in [0.29, 0.717) is 0 Å². The topological polar surface area (TPSA) is 86.2 Å². The molecule has 0 atom stereocenters. The fourth-order valence-electron chi connectivity index (χ4n) is 1.03. The Morgan fingerprint density at radius 3 is 2.67 bits per heavy atom. The molecule has 1 aromatic rings. The number of nitrogen functional groups attached to an aromatic ring is 1. The number of nitrogens with zero attached hydrogens (tertiary/aromatic N) is 1. The normalized spacial score (nSPS) is 10.0. The first kappa shape index (κ1) is 11.9. The lowest BCUT2D eigenvalue weighted by molar-refractivity contribution is -0.384. The second-order valence-corrected chi connectivity index (χ2v) is 3.67. The Hall–Kier alpha value is -1.14. The van der Waals surface area contributed by atoms with Crippen molar-refractivity contribution in [2.75, 3.05) is 11.1 Å². The Morgan fingerprint density at radius 1 is 1.60 bits per heavy atom. The van der Waals surface area contributed by atoms with Gasteiger partial charge in [0.1, 0.15) is 5.02 Å². The standard InChI is InChI=1S/C8H6BrClN2O3/c9-3-8(13)4-1-5(10)7(12(14)15)2-6(4)11/h1-2H,3,11H2. The third-order valence-electron chi connectivity index (χ3n) is 1.74. The van der Waals surface area contributed by atoms with E-state index in [9.17, 15) is 14.9 Å². The number of alkyl halides is 1. The van der Waals surface area contributed by atoms with Crippen molar-refractivity contribution in [3.63, 3.8) is 0 Å². The van der Waals surface area contributed by atoms with Gasteiger partial charge in [-0.3, -0.25) is 14.9 Å². The Bertz CT molecular complexity index is 436. The number of ketones is 1. The highest BCUT2D eigenvalue weighted by molar-refractivity contribution is 9.09. The molecule has 0 aliphatic heterocycles. The molecule has 0 aromatic heterocycles. The van der Waals surface area contributed by atoms with Crippen molar-refractivity contribution in [2.45, 2.75) is 0 Å². The predicted molar refractivity (Wildman–Crippen MR) is 60.6 cm³/mol. The highest BCUT2D eigenvalue weighted by atomic mass is 79.9. The van der Waals surface area contributed by atoms with Crippen LogP contribution in [0.1, 0.15) is 10.4 Å². The van der Waals surface area contributed by atoms with Crippen molar-refractivity contribution < 1.29 is 9.72 Å². The van der Waals surface area contributed by atoms with Gasteiger partial charge in [-0.25, -0.2) is 0 Å². The second-order valence-electron chi connectivity index (χ2n) is 2.70. The molecule has 0 fully saturated rings. The van der Waals surface area contributed by atoms with Gasteiger partial charge in [-0.2, -0.15) is 0 Å². The molecule has 15 heavy (non-hydrogen) atoms. The van der Waals surface area contributed by atoms with Gasteiger partial charge in [0.05, 0.1) is 10.3 Å². The number of nitro groups is 1. The highest BCUT2D eigenvalue weighted by Gasteiger charge is 2.18. The minimum Gasteiger partial charge on any atom is -0.398 e. The van der Waals surface area contributed by atoms with Gasteiger partial charge in [0.25, 0.3) is 5.69 Å². The Balaban J connectivity index is 3.31. The monoisotopic (exact) mass is 292 g/mol. The summed E-state index contributed by atoms with van der Waals surface area (Å²) in [5, 5.41) is 10.5. The maximum Gasteiger partial charge on any atom is 0.289 e. The van der Waals surface area contributed by atoms with E-state index in [0.717, 1.165) is 6.07 Å². The van der Waals surface area contributed by atoms with Crippen LogP contribution < -0.4 is 5.73 Å². The summed E-state index contributed by atoms with van der Waals surface area (Å²) in [7, 11) is 0. The molecular weight excluding hydrogens is 287 g/mol. The number of hydrogen-bond acceptors (Lipinski definition) is 4. The van der Waals surface area contributed by atoms with Crippen molar-refractivity contribution in [1.82, 2.24) is 0 Å². The van der Waals surface area contributed by atoms with E-state index in [1.807, 2.05) is 0 Å². The summed E-state index contributed by atoms with van der Waals surface area (Å²) in [5.74, 6) is -0.274. The Morgan fingerprint density at radius 2 is 2.20 bits per heavy atom. The minimum absolute atomic E-state index is 0.0514. The lowest BCUT2D eigenvalue weighted by Crippen LogP contribution is -2.05. The Labute approximate surface area is 98.5 Å². The number of hydrogen-bond donors (Lipinski definition) is 1. The molecule has 1 rings (SSSR count). The summed E-state index contributed by atoms with van der Waals surface area (Å²) >= 11 is 8.61. The summed E-state index contributed by atoms with van der Waals surface area (Å²) in [5.41, 5.74) is 5.43. The average molecular weight is 294 g/mol. The quantitative estimate of drug-likeness (QED) is 0.305. The smallest absolute Gasteiger partial charge is 0.289 e. The first-order valence-electron chi connectivity index (χ1n) is 3.80. The third-order valence-corrected chi connectivity index (χ3v) is 2.55.